The summed E-state index contributed by atoms with van der Waals surface area (Å²) in [5.74, 6) is 1.49. The third-order valence-electron chi connectivity index (χ3n) is 5.83. The highest BCUT2D eigenvalue weighted by molar-refractivity contribution is 5.74. The summed E-state index contributed by atoms with van der Waals surface area (Å²) in [4.78, 5) is 11.3. The van der Waals surface area contributed by atoms with Crippen molar-refractivity contribution < 1.29 is 17.9 Å². The SMILES string of the molecule is CC[C@H]1C[C@H](Oc2ccc(C(F)(F)F)cn2)C[C@H]1c1nnc2cnc3[nH]ccc3n12. The van der Waals surface area contributed by atoms with E-state index < -0.39 is 11.7 Å². The molecule has 0 bridgehead atoms. The van der Waals surface area contributed by atoms with Gasteiger partial charge in [-0.15, -0.1) is 10.2 Å². The van der Waals surface area contributed by atoms with Crippen molar-refractivity contribution >= 4 is 16.8 Å². The van der Waals surface area contributed by atoms with Gasteiger partial charge in [-0.1, -0.05) is 13.3 Å². The largest absolute Gasteiger partial charge is 0.474 e. The Labute approximate surface area is 169 Å². The van der Waals surface area contributed by atoms with E-state index in [4.69, 9.17) is 4.74 Å². The van der Waals surface area contributed by atoms with Crippen LogP contribution >= 0.6 is 0 Å². The van der Waals surface area contributed by atoms with E-state index in [1.807, 2.05) is 16.7 Å². The predicted molar refractivity (Wildman–Crippen MR) is 102 cm³/mol. The molecule has 4 heterocycles. The molecule has 0 radical (unpaired) electrons. The first-order valence-electron chi connectivity index (χ1n) is 9.81. The molecule has 1 aliphatic rings. The number of nitrogens with zero attached hydrogens (tertiary/aromatic N) is 5. The van der Waals surface area contributed by atoms with Gasteiger partial charge >= 0.3 is 6.18 Å². The number of halogens is 3. The molecular formula is C20H19F3N6O. The summed E-state index contributed by atoms with van der Waals surface area (Å²) in [6.07, 6.45) is 2.16. The zero-order valence-electron chi connectivity index (χ0n) is 16.1. The highest BCUT2D eigenvalue weighted by Crippen LogP contribution is 2.42. The number of rotatable bonds is 4. The summed E-state index contributed by atoms with van der Waals surface area (Å²) < 4.78 is 46.2. The van der Waals surface area contributed by atoms with E-state index in [2.05, 4.69) is 32.1 Å². The van der Waals surface area contributed by atoms with Crippen LogP contribution in [0, 0.1) is 5.92 Å². The summed E-state index contributed by atoms with van der Waals surface area (Å²) in [6, 6.07) is 4.21. The zero-order chi connectivity index (χ0) is 20.9. The van der Waals surface area contributed by atoms with Crippen LogP contribution in [0.25, 0.3) is 16.8 Å². The molecular weight excluding hydrogens is 397 g/mol. The minimum absolute atomic E-state index is 0.116. The Morgan fingerprint density at radius 2 is 2.00 bits per heavy atom. The Morgan fingerprint density at radius 1 is 1.13 bits per heavy atom. The van der Waals surface area contributed by atoms with Crippen LogP contribution in [0.2, 0.25) is 0 Å². The van der Waals surface area contributed by atoms with Gasteiger partial charge < -0.3 is 9.72 Å². The molecule has 7 nitrogen and oxygen atoms in total. The maximum absolute atomic E-state index is 12.7. The molecule has 4 aromatic heterocycles. The minimum atomic E-state index is -4.41. The standard InChI is InChI=1S/C20H19F3N6O/c1-2-11-7-13(30-17-4-3-12(9-25-17)20(21,22)23)8-14(11)19-28-27-16-10-26-18-15(29(16)19)5-6-24-18/h3-6,9-11,13-14,24H,2,7-8H2,1H3/t11-,13-,14+/m0/s1. The van der Waals surface area contributed by atoms with Gasteiger partial charge in [0.15, 0.2) is 11.3 Å². The highest BCUT2D eigenvalue weighted by atomic mass is 19.4. The normalized spacial score (nSPS) is 22.2. The fourth-order valence-corrected chi connectivity index (χ4v) is 4.36. The van der Waals surface area contributed by atoms with E-state index in [9.17, 15) is 13.2 Å². The summed E-state index contributed by atoms with van der Waals surface area (Å²) in [6.45, 7) is 2.12. The smallest absolute Gasteiger partial charge is 0.417 e. The number of aromatic nitrogens is 6. The van der Waals surface area contributed by atoms with Crippen molar-refractivity contribution in [3.63, 3.8) is 0 Å². The summed E-state index contributed by atoms with van der Waals surface area (Å²) in [7, 11) is 0. The Hall–Kier alpha value is -3.17. The van der Waals surface area contributed by atoms with Crippen molar-refractivity contribution in [2.24, 2.45) is 5.92 Å². The van der Waals surface area contributed by atoms with E-state index in [0.29, 0.717) is 18.0 Å². The lowest BCUT2D eigenvalue weighted by Gasteiger charge is -2.15. The van der Waals surface area contributed by atoms with Gasteiger partial charge in [-0.05, 0) is 30.9 Å². The molecule has 1 aliphatic carbocycles. The fourth-order valence-electron chi connectivity index (χ4n) is 4.36. The van der Waals surface area contributed by atoms with Gasteiger partial charge in [-0.3, -0.25) is 4.40 Å². The van der Waals surface area contributed by atoms with Gasteiger partial charge in [0.25, 0.3) is 0 Å². The molecule has 5 rings (SSSR count). The van der Waals surface area contributed by atoms with Gasteiger partial charge in [-0.2, -0.15) is 13.2 Å². The Balaban J connectivity index is 1.41. The monoisotopic (exact) mass is 416 g/mol. The lowest BCUT2D eigenvalue weighted by molar-refractivity contribution is -0.137. The first kappa shape index (κ1) is 18.8. The second-order valence-corrected chi connectivity index (χ2v) is 7.59. The molecule has 1 N–H and O–H groups in total. The first-order chi connectivity index (χ1) is 14.4. The third kappa shape index (κ3) is 3.16. The maximum atomic E-state index is 12.7. The molecule has 0 unspecified atom stereocenters. The molecule has 0 amide bonds. The molecule has 1 saturated carbocycles. The minimum Gasteiger partial charge on any atom is -0.474 e. The van der Waals surface area contributed by atoms with Crippen molar-refractivity contribution in [3.8, 4) is 5.88 Å². The lowest BCUT2D eigenvalue weighted by Crippen LogP contribution is -2.14. The number of aromatic amines is 1. The Bertz CT molecular complexity index is 1180. The molecule has 4 aromatic rings. The average Bonchev–Trinajstić information content (AvgIpc) is 3.44. The van der Waals surface area contributed by atoms with Crippen molar-refractivity contribution in [2.75, 3.05) is 0 Å². The van der Waals surface area contributed by atoms with E-state index >= 15 is 0 Å². The molecule has 30 heavy (non-hydrogen) atoms. The second-order valence-electron chi connectivity index (χ2n) is 7.59. The number of ether oxygens (including phenoxy) is 1. The van der Waals surface area contributed by atoms with Crippen LogP contribution in [0.1, 0.15) is 43.5 Å². The van der Waals surface area contributed by atoms with Crippen LogP contribution in [0.5, 0.6) is 5.88 Å². The van der Waals surface area contributed by atoms with Gasteiger partial charge in [0.05, 0.1) is 17.3 Å². The zero-order valence-corrected chi connectivity index (χ0v) is 16.1. The van der Waals surface area contributed by atoms with Gasteiger partial charge in [0.2, 0.25) is 5.88 Å². The van der Waals surface area contributed by atoms with Crippen molar-refractivity contribution in [3.05, 3.63) is 48.2 Å². The maximum Gasteiger partial charge on any atom is 0.417 e. The second kappa shape index (κ2) is 6.96. The number of hydrogen-bond acceptors (Lipinski definition) is 5. The Kier molecular flexibility index (Phi) is 4.37. The van der Waals surface area contributed by atoms with Crippen LogP contribution in [0.4, 0.5) is 13.2 Å². The van der Waals surface area contributed by atoms with E-state index in [-0.39, 0.29) is 17.9 Å². The Morgan fingerprint density at radius 3 is 2.73 bits per heavy atom. The summed E-state index contributed by atoms with van der Waals surface area (Å²) in [5.41, 5.74) is 1.57. The third-order valence-corrected chi connectivity index (χ3v) is 5.83. The van der Waals surface area contributed by atoms with E-state index in [1.165, 1.54) is 6.07 Å². The number of fused-ring (bicyclic) bond motifs is 3. The van der Waals surface area contributed by atoms with Crippen molar-refractivity contribution in [1.82, 2.24) is 29.5 Å². The number of hydrogen-bond donors (Lipinski definition) is 1. The first-order valence-corrected chi connectivity index (χ1v) is 9.81. The average molecular weight is 416 g/mol. The van der Waals surface area contributed by atoms with Gasteiger partial charge in [0.1, 0.15) is 11.9 Å². The molecule has 156 valence electrons. The molecule has 1 fully saturated rings. The van der Waals surface area contributed by atoms with Gasteiger partial charge in [0, 0.05) is 24.4 Å². The lowest BCUT2D eigenvalue weighted by atomic mass is 9.93. The van der Waals surface area contributed by atoms with E-state index in [0.717, 1.165) is 42.1 Å². The number of H-pyrrole nitrogens is 1. The van der Waals surface area contributed by atoms with E-state index in [1.54, 1.807) is 6.20 Å². The van der Waals surface area contributed by atoms with Crippen LogP contribution in [0.15, 0.2) is 36.8 Å². The van der Waals surface area contributed by atoms with Crippen molar-refractivity contribution in [2.45, 2.75) is 44.4 Å². The summed E-state index contributed by atoms with van der Waals surface area (Å²) >= 11 is 0. The molecule has 0 aromatic carbocycles. The van der Waals surface area contributed by atoms with Crippen LogP contribution in [-0.2, 0) is 6.18 Å². The quantitative estimate of drug-likeness (QED) is 0.534. The fraction of sp³-hybridized carbons (Fsp3) is 0.400. The highest BCUT2D eigenvalue weighted by Gasteiger charge is 2.39. The van der Waals surface area contributed by atoms with Crippen LogP contribution in [-0.4, -0.2) is 35.7 Å². The summed E-state index contributed by atoms with van der Waals surface area (Å²) in [5, 5.41) is 8.73. The molecule has 10 heteroatoms. The van der Waals surface area contributed by atoms with Gasteiger partial charge in [-0.25, -0.2) is 9.97 Å². The number of pyridine rings is 1. The van der Waals surface area contributed by atoms with Crippen LogP contribution in [0.3, 0.4) is 0 Å². The molecule has 0 saturated heterocycles. The molecule has 0 spiro atoms. The molecule has 3 atom stereocenters. The predicted octanol–water partition coefficient (Wildman–Crippen LogP) is 4.37. The van der Waals surface area contributed by atoms with Crippen LogP contribution < -0.4 is 4.74 Å². The molecule has 0 aliphatic heterocycles. The number of nitrogens with one attached hydrogen (secondary N) is 1. The van der Waals surface area contributed by atoms with Crippen molar-refractivity contribution in [1.29, 1.82) is 0 Å². The topological polar surface area (TPSA) is 81.0 Å². The number of alkyl halides is 3.